The number of sulfonamides is 2. The molecule has 0 spiro atoms. The molecule has 0 aromatic heterocycles. The minimum atomic E-state index is -3.92. The van der Waals surface area contributed by atoms with Crippen molar-refractivity contribution in [2.24, 2.45) is 5.73 Å². The maximum Gasteiger partial charge on any atom is 0.245 e. The summed E-state index contributed by atoms with van der Waals surface area (Å²) in [5.41, 5.74) is 5.46. The third-order valence-corrected chi connectivity index (χ3v) is 6.77. The predicted octanol–water partition coefficient (Wildman–Crippen LogP) is 0.846. The normalized spacial score (nSPS) is 13.2. The molecule has 0 amide bonds. The predicted molar refractivity (Wildman–Crippen MR) is 96.8 cm³/mol. The summed E-state index contributed by atoms with van der Waals surface area (Å²) in [6, 6.07) is 3.66. The summed E-state index contributed by atoms with van der Waals surface area (Å²) in [5, 5.41) is 0. The molecule has 0 saturated heterocycles. The first-order valence-electron chi connectivity index (χ1n) is 6.95. The van der Waals surface area contributed by atoms with Crippen molar-refractivity contribution in [3.8, 4) is 5.75 Å². The van der Waals surface area contributed by atoms with Crippen LogP contribution in [0.15, 0.2) is 23.1 Å². The Bertz CT molecular complexity index is 753. The van der Waals surface area contributed by atoms with Crippen molar-refractivity contribution in [1.29, 1.82) is 0 Å². The van der Waals surface area contributed by atoms with E-state index >= 15 is 0 Å². The lowest BCUT2D eigenvalue weighted by molar-refractivity contribution is 0.394. The zero-order valence-electron chi connectivity index (χ0n) is 14.0. The number of nitrogens with zero attached hydrogens (tertiary/aromatic N) is 1. The molecule has 0 bridgehead atoms. The van der Waals surface area contributed by atoms with Gasteiger partial charge in [-0.2, -0.15) is 4.31 Å². The van der Waals surface area contributed by atoms with E-state index in [1.54, 1.807) is 6.92 Å². The number of rotatable bonds is 8. The average molecular weight is 402 g/mol. The number of methoxy groups -OCH3 is 1. The standard InChI is InChI=1S/C13H23N3O5S2.ClH/c1-5-22(17,18)15-12-8-11(21-4)6-7-13(12)23(19,20)16(3)10(2)9-14;/h6-8,10,15H,5,9,14H2,1-4H3;1H. The molecule has 0 saturated carbocycles. The van der Waals surface area contributed by atoms with Crippen LogP contribution in [0.4, 0.5) is 5.69 Å². The molecule has 0 radical (unpaired) electrons. The molecule has 24 heavy (non-hydrogen) atoms. The van der Waals surface area contributed by atoms with Crippen LogP contribution in [0.25, 0.3) is 0 Å². The Morgan fingerprint density at radius 1 is 1.29 bits per heavy atom. The van der Waals surface area contributed by atoms with Crippen molar-refractivity contribution >= 4 is 38.1 Å². The van der Waals surface area contributed by atoms with Gasteiger partial charge in [0.2, 0.25) is 20.0 Å². The summed E-state index contributed by atoms with van der Waals surface area (Å²) < 4.78 is 57.5. The van der Waals surface area contributed by atoms with Gasteiger partial charge in [0.1, 0.15) is 10.6 Å². The second kappa shape index (κ2) is 8.86. The first kappa shape index (κ1) is 22.9. The molecule has 1 rings (SSSR count). The quantitative estimate of drug-likeness (QED) is 0.666. The Morgan fingerprint density at radius 2 is 1.88 bits per heavy atom. The Morgan fingerprint density at radius 3 is 2.33 bits per heavy atom. The summed E-state index contributed by atoms with van der Waals surface area (Å²) in [4.78, 5) is -0.155. The van der Waals surface area contributed by atoms with Crippen molar-refractivity contribution in [2.45, 2.75) is 24.8 Å². The van der Waals surface area contributed by atoms with Crippen molar-refractivity contribution in [1.82, 2.24) is 4.31 Å². The zero-order valence-corrected chi connectivity index (χ0v) is 16.5. The van der Waals surface area contributed by atoms with Crippen LogP contribution in [0.1, 0.15) is 13.8 Å². The van der Waals surface area contributed by atoms with Crippen LogP contribution in [0, 0.1) is 0 Å². The molecular formula is C13H24ClN3O5S2. The third-order valence-electron chi connectivity index (χ3n) is 3.45. The van der Waals surface area contributed by atoms with E-state index in [9.17, 15) is 16.8 Å². The number of ether oxygens (including phenoxy) is 1. The van der Waals surface area contributed by atoms with E-state index in [1.807, 2.05) is 0 Å². The minimum absolute atomic E-state index is 0. The van der Waals surface area contributed by atoms with Gasteiger partial charge in [-0.3, -0.25) is 4.72 Å². The van der Waals surface area contributed by atoms with Gasteiger partial charge in [-0.25, -0.2) is 16.8 Å². The molecule has 11 heteroatoms. The van der Waals surface area contributed by atoms with Crippen LogP contribution in [0.3, 0.4) is 0 Å². The molecule has 1 aromatic carbocycles. The minimum Gasteiger partial charge on any atom is -0.497 e. The molecule has 8 nitrogen and oxygen atoms in total. The lowest BCUT2D eigenvalue weighted by atomic mass is 10.3. The van der Waals surface area contributed by atoms with Gasteiger partial charge in [-0.15, -0.1) is 12.4 Å². The van der Waals surface area contributed by atoms with Gasteiger partial charge in [0, 0.05) is 25.7 Å². The van der Waals surface area contributed by atoms with Crippen LogP contribution < -0.4 is 15.2 Å². The van der Waals surface area contributed by atoms with Gasteiger partial charge in [-0.05, 0) is 26.0 Å². The maximum atomic E-state index is 12.7. The number of hydrogen-bond donors (Lipinski definition) is 2. The van der Waals surface area contributed by atoms with Gasteiger partial charge in [0.05, 0.1) is 18.6 Å². The van der Waals surface area contributed by atoms with Crippen molar-refractivity contribution in [3.05, 3.63) is 18.2 Å². The highest BCUT2D eigenvalue weighted by Crippen LogP contribution is 2.30. The van der Waals surface area contributed by atoms with E-state index in [0.29, 0.717) is 5.75 Å². The number of likely N-dealkylation sites (N-methyl/N-ethyl adjacent to an activating group) is 1. The molecule has 0 aliphatic rings. The van der Waals surface area contributed by atoms with Gasteiger partial charge >= 0.3 is 0 Å². The maximum absolute atomic E-state index is 12.7. The molecule has 0 aliphatic heterocycles. The highest BCUT2D eigenvalue weighted by molar-refractivity contribution is 7.93. The number of benzene rings is 1. The summed E-state index contributed by atoms with van der Waals surface area (Å²) >= 11 is 0. The van der Waals surface area contributed by atoms with E-state index in [1.165, 1.54) is 39.3 Å². The number of nitrogens with one attached hydrogen (secondary N) is 1. The van der Waals surface area contributed by atoms with Gasteiger partial charge in [-0.1, -0.05) is 0 Å². The van der Waals surface area contributed by atoms with Gasteiger partial charge < -0.3 is 10.5 Å². The molecule has 1 aromatic rings. The van der Waals surface area contributed by atoms with Gasteiger partial charge in [0.25, 0.3) is 0 Å². The lowest BCUT2D eigenvalue weighted by Crippen LogP contribution is -2.40. The highest BCUT2D eigenvalue weighted by Gasteiger charge is 2.28. The monoisotopic (exact) mass is 401 g/mol. The molecule has 140 valence electrons. The first-order valence-corrected chi connectivity index (χ1v) is 10.0. The molecular weight excluding hydrogens is 378 g/mol. The van der Waals surface area contributed by atoms with Crippen LogP contribution in [0.2, 0.25) is 0 Å². The van der Waals surface area contributed by atoms with Crippen LogP contribution in [-0.2, 0) is 20.0 Å². The highest BCUT2D eigenvalue weighted by atomic mass is 35.5. The number of nitrogens with two attached hydrogens (primary N) is 1. The Kier molecular flexibility index (Phi) is 8.46. The second-order valence-electron chi connectivity index (χ2n) is 4.97. The fraction of sp³-hybridized carbons (Fsp3) is 0.538. The smallest absolute Gasteiger partial charge is 0.245 e. The zero-order chi connectivity index (χ0) is 17.8. The molecule has 0 heterocycles. The van der Waals surface area contributed by atoms with Gasteiger partial charge in [0.15, 0.2) is 0 Å². The van der Waals surface area contributed by atoms with E-state index in [4.69, 9.17) is 10.5 Å². The van der Waals surface area contributed by atoms with E-state index in [2.05, 4.69) is 4.72 Å². The summed E-state index contributed by atoms with van der Waals surface area (Å²) in [6.45, 7) is 3.26. The molecule has 1 atom stereocenters. The van der Waals surface area contributed by atoms with Crippen LogP contribution >= 0.6 is 12.4 Å². The lowest BCUT2D eigenvalue weighted by Gasteiger charge is -2.24. The van der Waals surface area contributed by atoms with E-state index in [0.717, 1.165) is 4.31 Å². The number of halogens is 1. The van der Waals surface area contributed by atoms with E-state index < -0.39 is 26.1 Å². The summed E-state index contributed by atoms with van der Waals surface area (Å²) in [5.74, 6) is 0.158. The Labute approximate surface area is 149 Å². The fourth-order valence-corrected chi connectivity index (χ4v) is 3.93. The largest absolute Gasteiger partial charge is 0.497 e. The third kappa shape index (κ3) is 5.21. The summed E-state index contributed by atoms with van der Waals surface area (Å²) in [7, 11) is -4.76. The Hall–Kier alpha value is -1.07. The molecule has 1 unspecified atom stereocenters. The topological polar surface area (TPSA) is 119 Å². The van der Waals surface area contributed by atoms with E-state index in [-0.39, 0.29) is 35.3 Å². The van der Waals surface area contributed by atoms with Crippen LogP contribution in [-0.4, -0.2) is 53.6 Å². The summed E-state index contributed by atoms with van der Waals surface area (Å²) in [6.07, 6.45) is 0. The van der Waals surface area contributed by atoms with Crippen molar-refractivity contribution < 1.29 is 21.6 Å². The number of hydrogen-bond acceptors (Lipinski definition) is 6. The van der Waals surface area contributed by atoms with Crippen molar-refractivity contribution in [2.75, 3.05) is 31.2 Å². The Balaban J connectivity index is 0.00000529. The SMILES string of the molecule is CCS(=O)(=O)Nc1cc(OC)ccc1S(=O)(=O)N(C)C(C)CN.Cl. The fourth-order valence-electron chi connectivity index (χ4n) is 1.72. The first-order chi connectivity index (χ1) is 10.6. The van der Waals surface area contributed by atoms with Crippen molar-refractivity contribution in [3.63, 3.8) is 0 Å². The van der Waals surface area contributed by atoms with Crippen LogP contribution in [0.5, 0.6) is 5.75 Å². The average Bonchev–Trinajstić information content (AvgIpc) is 2.52. The molecule has 0 fully saturated rings. The molecule has 3 N–H and O–H groups in total. The number of anilines is 1. The molecule has 0 aliphatic carbocycles. The second-order valence-corrected chi connectivity index (χ2v) is 8.95.